The number of aromatic carboxylic acids is 1. The molecule has 0 fully saturated rings. The Balaban J connectivity index is 1.75. The molecule has 6 nitrogen and oxygen atoms in total. The average Bonchev–Trinajstić information content (AvgIpc) is 3.28. The molecule has 0 radical (unpaired) electrons. The van der Waals surface area contributed by atoms with Crippen LogP contribution in [0.4, 0.5) is 40.3 Å². The maximum Gasteiger partial charge on any atom is 0.335 e. The van der Waals surface area contributed by atoms with Gasteiger partial charge in [0.05, 0.1) is 28.6 Å². The van der Waals surface area contributed by atoms with Gasteiger partial charge in [-0.05, 0) is 62.4 Å². The van der Waals surface area contributed by atoms with Gasteiger partial charge in [0.25, 0.3) is 6.43 Å². The molecule has 1 aliphatic heterocycles. The molecule has 4 aromatic rings. The van der Waals surface area contributed by atoms with Gasteiger partial charge in [-0.3, -0.25) is 5.10 Å². The van der Waals surface area contributed by atoms with E-state index in [1.165, 1.54) is 24.4 Å². The molecule has 2 N–H and O–H groups in total. The van der Waals surface area contributed by atoms with E-state index in [1.807, 2.05) is 13.8 Å². The summed E-state index contributed by atoms with van der Waals surface area (Å²) in [6, 6.07) is 11.2. The highest BCUT2D eigenvalue weighted by molar-refractivity contribution is 5.96. The number of aromatic nitrogens is 2. The Bertz CT molecular complexity index is 1450. The van der Waals surface area contributed by atoms with Gasteiger partial charge in [-0.25, -0.2) is 22.4 Å². The molecule has 3 aromatic carbocycles. The molecule has 10 heteroatoms. The van der Waals surface area contributed by atoms with Crippen LogP contribution in [0.15, 0.2) is 54.7 Å². The smallest absolute Gasteiger partial charge is 0.335 e. The zero-order chi connectivity index (χ0) is 25.1. The summed E-state index contributed by atoms with van der Waals surface area (Å²) in [5.74, 6) is -2.71. The average molecular weight is 484 g/mol. The van der Waals surface area contributed by atoms with Crippen molar-refractivity contribution in [1.29, 1.82) is 0 Å². The highest BCUT2D eigenvalue weighted by atomic mass is 19.3. The molecule has 0 atom stereocenters. The molecule has 180 valence electrons. The largest absolute Gasteiger partial charge is 0.478 e. The summed E-state index contributed by atoms with van der Waals surface area (Å²) < 4.78 is 57.0. The van der Waals surface area contributed by atoms with Crippen molar-refractivity contribution in [3.05, 3.63) is 77.5 Å². The number of H-pyrrole nitrogens is 1. The number of hydrogen-bond donors (Lipinski definition) is 2. The number of carboxylic acid groups (broad SMARTS) is 1. The van der Waals surface area contributed by atoms with Gasteiger partial charge in [-0.2, -0.15) is 5.10 Å². The number of benzene rings is 3. The Kier molecular flexibility index (Phi) is 5.19. The van der Waals surface area contributed by atoms with Crippen molar-refractivity contribution in [1.82, 2.24) is 10.2 Å². The minimum atomic E-state index is -3.01. The Morgan fingerprint density at radius 2 is 1.77 bits per heavy atom. The molecule has 0 unspecified atom stereocenters. The Hall–Kier alpha value is -4.08. The summed E-state index contributed by atoms with van der Waals surface area (Å²) in [6.45, 7) is 3.93. The molecule has 0 aliphatic carbocycles. The lowest BCUT2D eigenvalue weighted by Gasteiger charge is -2.50. The fourth-order valence-corrected chi connectivity index (χ4v) is 4.65. The third kappa shape index (κ3) is 3.65. The number of nitrogens with one attached hydrogen (secondary N) is 1. The molecule has 1 aliphatic rings. The van der Waals surface area contributed by atoms with Gasteiger partial charge in [0, 0.05) is 23.3 Å². The van der Waals surface area contributed by atoms with Crippen LogP contribution in [0.5, 0.6) is 0 Å². The number of alkyl halides is 2. The number of nitrogens with zero attached hydrogens (tertiary/aromatic N) is 3. The van der Waals surface area contributed by atoms with E-state index >= 15 is 4.39 Å². The predicted molar refractivity (Wildman–Crippen MR) is 124 cm³/mol. The van der Waals surface area contributed by atoms with Crippen LogP contribution in [-0.4, -0.2) is 33.4 Å². The standard InChI is InChI=1S/C25H20F4N4O2/c1-25(2)12-32(15-5-3-13(4-6-15)24(34)35)22-19(9-14-11-30-31-21(14)20(22)27)33(25)16-7-8-18(26)17(10-16)23(28)29/h3-11,23H,12H2,1-2H3,(H,30,31)(H,34,35). The van der Waals surface area contributed by atoms with Crippen molar-refractivity contribution in [2.75, 3.05) is 16.3 Å². The second kappa shape index (κ2) is 8.00. The van der Waals surface area contributed by atoms with E-state index in [0.29, 0.717) is 16.8 Å². The number of aromatic amines is 1. The Morgan fingerprint density at radius 1 is 1.09 bits per heavy atom. The van der Waals surface area contributed by atoms with Crippen LogP contribution in [-0.2, 0) is 0 Å². The molecule has 0 amide bonds. The number of carbonyl (C=O) groups is 1. The first-order valence-corrected chi connectivity index (χ1v) is 10.7. The molecular weight excluding hydrogens is 464 g/mol. The summed E-state index contributed by atoms with van der Waals surface area (Å²) in [5.41, 5.74) is 0.111. The van der Waals surface area contributed by atoms with E-state index in [9.17, 15) is 23.1 Å². The van der Waals surface area contributed by atoms with Gasteiger partial charge in [-0.15, -0.1) is 0 Å². The SMILES string of the molecule is CC1(C)CN(c2ccc(C(=O)O)cc2)c2c(cc3cn[nH]c3c2F)N1c1ccc(F)c(C(F)F)c1. The minimum absolute atomic E-state index is 0.0854. The Labute approximate surface area is 197 Å². The first kappa shape index (κ1) is 22.7. The monoisotopic (exact) mass is 484 g/mol. The number of carboxylic acids is 1. The third-order valence-corrected chi connectivity index (χ3v) is 6.19. The van der Waals surface area contributed by atoms with Crippen molar-refractivity contribution in [3.8, 4) is 0 Å². The van der Waals surface area contributed by atoms with Gasteiger partial charge < -0.3 is 14.9 Å². The van der Waals surface area contributed by atoms with Crippen LogP contribution in [0.1, 0.15) is 36.2 Å². The van der Waals surface area contributed by atoms with Gasteiger partial charge >= 0.3 is 5.97 Å². The van der Waals surface area contributed by atoms with Crippen molar-refractivity contribution >= 4 is 39.6 Å². The summed E-state index contributed by atoms with van der Waals surface area (Å²) in [5, 5.41) is 16.3. The lowest BCUT2D eigenvalue weighted by atomic mass is 9.93. The lowest BCUT2D eigenvalue weighted by molar-refractivity contribution is 0.0697. The first-order valence-electron chi connectivity index (χ1n) is 10.7. The van der Waals surface area contributed by atoms with Gasteiger partial charge in [0.15, 0.2) is 5.82 Å². The summed E-state index contributed by atoms with van der Waals surface area (Å²) in [6.07, 6.45) is -1.56. The fourth-order valence-electron chi connectivity index (χ4n) is 4.65. The second-order valence-electron chi connectivity index (χ2n) is 8.99. The summed E-state index contributed by atoms with van der Waals surface area (Å²) in [4.78, 5) is 14.7. The zero-order valence-electron chi connectivity index (χ0n) is 18.7. The predicted octanol–water partition coefficient (Wildman–Crippen LogP) is 6.55. The highest BCUT2D eigenvalue weighted by Gasteiger charge is 2.41. The third-order valence-electron chi connectivity index (χ3n) is 6.19. The van der Waals surface area contributed by atoms with Crippen molar-refractivity contribution in [2.45, 2.75) is 25.8 Å². The van der Waals surface area contributed by atoms with E-state index in [0.717, 1.165) is 12.1 Å². The minimum Gasteiger partial charge on any atom is -0.478 e. The van der Waals surface area contributed by atoms with Crippen LogP contribution in [0.25, 0.3) is 10.9 Å². The van der Waals surface area contributed by atoms with E-state index in [4.69, 9.17) is 0 Å². The lowest BCUT2D eigenvalue weighted by Crippen LogP contribution is -2.53. The van der Waals surface area contributed by atoms with Crippen LogP contribution in [0.2, 0.25) is 0 Å². The quantitative estimate of drug-likeness (QED) is 0.322. The van der Waals surface area contributed by atoms with E-state index in [-0.39, 0.29) is 29.0 Å². The van der Waals surface area contributed by atoms with Gasteiger partial charge in [-0.1, -0.05) is 0 Å². The van der Waals surface area contributed by atoms with Gasteiger partial charge in [0.1, 0.15) is 17.0 Å². The molecule has 0 spiro atoms. The van der Waals surface area contributed by atoms with Crippen LogP contribution in [0, 0.1) is 11.6 Å². The molecule has 5 rings (SSSR count). The fraction of sp³-hybridized carbons (Fsp3) is 0.200. The van der Waals surface area contributed by atoms with E-state index < -0.39 is 35.1 Å². The maximum absolute atomic E-state index is 15.9. The molecular formula is C25H20F4N4O2. The van der Waals surface area contributed by atoms with Crippen molar-refractivity contribution < 1.29 is 27.5 Å². The molecule has 0 bridgehead atoms. The summed E-state index contributed by atoms with van der Waals surface area (Å²) >= 11 is 0. The highest BCUT2D eigenvalue weighted by Crippen LogP contribution is 2.50. The second-order valence-corrected chi connectivity index (χ2v) is 8.99. The van der Waals surface area contributed by atoms with E-state index in [2.05, 4.69) is 10.2 Å². The topological polar surface area (TPSA) is 72.5 Å². The number of halogens is 4. The normalized spacial score (nSPS) is 15.1. The molecule has 35 heavy (non-hydrogen) atoms. The maximum atomic E-state index is 15.9. The zero-order valence-corrected chi connectivity index (χ0v) is 18.7. The van der Waals surface area contributed by atoms with Crippen LogP contribution in [0.3, 0.4) is 0 Å². The molecule has 2 heterocycles. The first-order chi connectivity index (χ1) is 16.6. The number of anilines is 4. The molecule has 0 saturated heterocycles. The van der Waals surface area contributed by atoms with Gasteiger partial charge in [0.2, 0.25) is 0 Å². The number of fused-ring (bicyclic) bond motifs is 2. The Morgan fingerprint density at radius 3 is 2.43 bits per heavy atom. The van der Waals surface area contributed by atoms with E-state index in [1.54, 1.807) is 28.0 Å². The summed E-state index contributed by atoms with van der Waals surface area (Å²) in [7, 11) is 0. The van der Waals surface area contributed by atoms with Crippen molar-refractivity contribution in [2.24, 2.45) is 0 Å². The van der Waals surface area contributed by atoms with Crippen LogP contribution < -0.4 is 9.80 Å². The molecule has 0 saturated carbocycles. The number of hydrogen-bond acceptors (Lipinski definition) is 4. The number of rotatable bonds is 4. The molecule has 1 aromatic heterocycles. The van der Waals surface area contributed by atoms with Crippen molar-refractivity contribution in [3.63, 3.8) is 0 Å². The van der Waals surface area contributed by atoms with Crippen LogP contribution >= 0.6 is 0 Å².